The molecule has 130 valence electrons. The van der Waals surface area contributed by atoms with E-state index in [2.05, 4.69) is 10.5 Å². The Balaban J connectivity index is 1.63. The van der Waals surface area contributed by atoms with Gasteiger partial charge in [-0.05, 0) is 12.0 Å². The van der Waals surface area contributed by atoms with Gasteiger partial charge in [0.05, 0.1) is 12.8 Å². The zero-order valence-electron chi connectivity index (χ0n) is 14.1. The Bertz CT molecular complexity index is 657. The number of carbonyl (C=O) groups excluding carboxylic acids is 1. The molecule has 0 aliphatic carbocycles. The van der Waals surface area contributed by atoms with E-state index in [1.54, 1.807) is 13.2 Å². The van der Waals surface area contributed by atoms with Crippen LogP contribution in [0, 0.1) is 5.92 Å². The number of nitrogens with one attached hydrogen (secondary N) is 1. The molecular formula is C17H22N2O5. The topological polar surface area (TPSA) is 78.4 Å². The van der Waals surface area contributed by atoms with Crippen molar-refractivity contribution in [1.82, 2.24) is 5.32 Å². The first-order valence-electron chi connectivity index (χ1n) is 8.05. The van der Waals surface area contributed by atoms with Gasteiger partial charge in [-0.1, -0.05) is 19.0 Å². The molecule has 3 rings (SSSR count). The van der Waals surface area contributed by atoms with Crippen LogP contribution in [0.15, 0.2) is 17.3 Å². The molecule has 24 heavy (non-hydrogen) atoms. The molecular weight excluding hydrogens is 312 g/mol. The summed E-state index contributed by atoms with van der Waals surface area (Å²) in [6, 6.07) is 3.61. The molecule has 0 aromatic heterocycles. The Hall–Kier alpha value is -2.44. The molecule has 0 bridgehead atoms. The van der Waals surface area contributed by atoms with Crippen LogP contribution < -0.4 is 19.5 Å². The van der Waals surface area contributed by atoms with Crippen LogP contribution in [-0.4, -0.2) is 38.0 Å². The lowest BCUT2D eigenvalue weighted by atomic mass is 10.0. The normalized spacial score (nSPS) is 18.8. The van der Waals surface area contributed by atoms with Crippen molar-refractivity contribution < 1.29 is 23.8 Å². The number of oxime groups is 1. The van der Waals surface area contributed by atoms with E-state index in [9.17, 15) is 4.79 Å². The Morgan fingerprint density at radius 1 is 1.33 bits per heavy atom. The van der Waals surface area contributed by atoms with Crippen molar-refractivity contribution in [1.29, 1.82) is 0 Å². The van der Waals surface area contributed by atoms with Crippen LogP contribution in [0.25, 0.3) is 0 Å². The van der Waals surface area contributed by atoms with E-state index in [4.69, 9.17) is 19.0 Å². The third-order valence-corrected chi connectivity index (χ3v) is 4.05. The number of hydrogen-bond donors (Lipinski definition) is 1. The van der Waals surface area contributed by atoms with E-state index in [0.717, 1.165) is 11.3 Å². The molecule has 2 aliphatic rings. The third kappa shape index (κ3) is 3.39. The van der Waals surface area contributed by atoms with Crippen LogP contribution >= 0.6 is 0 Å². The van der Waals surface area contributed by atoms with Gasteiger partial charge in [-0.2, -0.15) is 0 Å². The molecule has 1 aromatic carbocycles. The van der Waals surface area contributed by atoms with Gasteiger partial charge < -0.3 is 24.4 Å². The average Bonchev–Trinajstić information content (AvgIpc) is 3.09. The predicted molar refractivity (Wildman–Crippen MR) is 87.6 cm³/mol. The van der Waals surface area contributed by atoms with Crippen LogP contribution in [0.2, 0.25) is 0 Å². The maximum Gasteiger partial charge on any atom is 0.264 e. The van der Waals surface area contributed by atoms with Crippen LogP contribution in [0.3, 0.4) is 0 Å². The molecule has 2 aliphatic heterocycles. The summed E-state index contributed by atoms with van der Waals surface area (Å²) in [6.07, 6.45) is -0.0347. The summed E-state index contributed by atoms with van der Waals surface area (Å²) < 4.78 is 16.5. The smallest absolute Gasteiger partial charge is 0.264 e. The maximum absolute atomic E-state index is 12.3. The lowest BCUT2D eigenvalue weighted by Crippen LogP contribution is -2.34. The van der Waals surface area contributed by atoms with Crippen molar-refractivity contribution >= 4 is 11.6 Å². The second kappa shape index (κ2) is 6.98. The molecule has 1 atom stereocenters. The summed E-state index contributed by atoms with van der Waals surface area (Å²) in [4.78, 5) is 17.5. The lowest BCUT2D eigenvalue weighted by Gasteiger charge is -2.21. The van der Waals surface area contributed by atoms with E-state index in [0.29, 0.717) is 43.4 Å². The van der Waals surface area contributed by atoms with Gasteiger partial charge in [0.2, 0.25) is 6.10 Å². The molecule has 1 unspecified atom stereocenters. The van der Waals surface area contributed by atoms with Crippen molar-refractivity contribution in [2.75, 3.05) is 20.3 Å². The Morgan fingerprint density at radius 3 is 2.67 bits per heavy atom. The van der Waals surface area contributed by atoms with Gasteiger partial charge in [-0.3, -0.25) is 4.79 Å². The lowest BCUT2D eigenvalue weighted by molar-refractivity contribution is -0.131. The molecule has 1 amide bonds. The highest BCUT2D eigenvalue weighted by atomic mass is 16.6. The number of hydrogen-bond acceptors (Lipinski definition) is 6. The fourth-order valence-corrected chi connectivity index (χ4v) is 2.61. The summed E-state index contributed by atoms with van der Waals surface area (Å²) in [6.45, 7) is 5.40. The van der Waals surface area contributed by atoms with Crippen LogP contribution in [0.4, 0.5) is 0 Å². The fraction of sp³-hybridized carbons (Fsp3) is 0.529. The van der Waals surface area contributed by atoms with E-state index < -0.39 is 6.10 Å². The minimum Gasteiger partial charge on any atom is -0.496 e. The van der Waals surface area contributed by atoms with Gasteiger partial charge in [-0.15, -0.1) is 0 Å². The highest BCUT2D eigenvalue weighted by Gasteiger charge is 2.29. The van der Waals surface area contributed by atoms with Crippen molar-refractivity contribution in [3.05, 3.63) is 17.7 Å². The summed E-state index contributed by atoms with van der Waals surface area (Å²) >= 11 is 0. The van der Waals surface area contributed by atoms with E-state index >= 15 is 0 Å². The zero-order valence-corrected chi connectivity index (χ0v) is 14.1. The van der Waals surface area contributed by atoms with Crippen molar-refractivity contribution in [2.45, 2.75) is 32.9 Å². The number of carbonyl (C=O) groups is 1. The monoisotopic (exact) mass is 334 g/mol. The molecule has 0 saturated heterocycles. The van der Waals surface area contributed by atoms with Crippen LogP contribution in [0.5, 0.6) is 17.2 Å². The second-order valence-corrected chi connectivity index (χ2v) is 6.06. The highest BCUT2D eigenvalue weighted by molar-refractivity contribution is 5.93. The van der Waals surface area contributed by atoms with Crippen molar-refractivity contribution in [3.63, 3.8) is 0 Å². The maximum atomic E-state index is 12.3. The summed E-state index contributed by atoms with van der Waals surface area (Å²) in [5.74, 6) is 2.05. The van der Waals surface area contributed by atoms with Crippen LogP contribution in [-0.2, 0) is 16.2 Å². The molecule has 1 N–H and O–H groups in total. The Kier molecular flexibility index (Phi) is 4.78. The minimum atomic E-state index is -0.564. The first-order valence-corrected chi connectivity index (χ1v) is 8.05. The average molecular weight is 334 g/mol. The first-order chi connectivity index (χ1) is 11.6. The molecule has 0 saturated carbocycles. The number of nitrogens with zero attached hydrogens (tertiary/aromatic N) is 1. The number of methoxy groups -OCH3 is 1. The summed E-state index contributed by atoms with van der Waals surface area (Å²) in [5.41, 5.74) is 1.73. The SMILES string of the molecule is COc1cc2c(cc1CNC(=O)C1CC(C(C)C)=NO1)OCCO2. The molecule has 7 nitrogen and oxygen atoms in total. The number of ether oxygens (including phenoxy) is 3. The zero-order chi connectivity index (χ0) is 17.1. The van der Waals surface area contributed by atoms with E-state index in [1.165, 1.54) is 0 Å². The molecule has 1 aromatic rings. The summed E-state index contributed by atoms with van der Waals surface area (Å²) in [7, 11) is 1.58. The molecule has 0 fully saturated rings. The quantitative estimate of drug-likeness (QED) is 0.889. The minimum absolute atomic E-state index is 0.189. The molecule has 0 radical (unpaired) electrons. The van der Waals surface area contributed by atoms with Crippen LogP contribution in [0.1, 0.15) is 25.8 Å². The van der Waals surface area contributed by atoms with Gasteiger partial charge in [0.25, 0.3) is 5.91 Å². The standard InChI is InChI=1S/C17H22N2O5/c1-10(2)12-7-16(24-19-12)17(20)18-9-11-6-14-15(8-13(11)21-3)23-5-4-22-14/h6,8,10,16H,4-5,7,9H2,1-3H3,(H,18,20). The third-order valence-electron chi connectivity index (χ3n) is 4.05. The number of fused-ring (bicyclic) bond motifs is 1. The van der Waals surface area contributed by atoms with Gasteiger partial charge in [-0.25, -0.2) is 0 Å². The highest BCUT2D eigenvalue weighted by Crippen LogP contribution is 2.36. The first kappa shape index (κ1) is 16.4. The van der Waals surface area contributed by atoms with Gasteiger partial charge in [0.15, 0.2) is 11.5 Å². The van der Waals surface area contributed by atoms with Crippen molar-refractivity contribution in [2.24, 2.45) is 11.1 Å². The predicted octanol–water partition coefficient (Wildman–Crippen LogP) is 1.88. The second-order valence-electron chi connectivity index (χ2n) is 6.06. The van der Waals surface area contributed by atoms with Gasteiger partial charge in [0.1, 0.15) is 19.0 Å². The van der Waals surface area contributed by atoms with Gasteiger partial charge >= 0.3 is 0 Å². The number of amides is 1. The Labute approximate surface area is 140 Å². The molecule has 0 spiro atoms. The molecule has 7 heteroatoms. The summed E-state index contributed by atoms with van der Waals surface area (Å²) in [5, 5.41) is 6.85. The number of benzene rings is 1. The fourth-order valence-electron chi connectivity index (χ4n) is 2.61. The van der Waals surface area contributed by atoms with E-state index in [-0.39, 0.29) is 11.8 Å². The van der Waals surface area contributed by atoms with Crippen molar-refractivity contribution in [3.8, 4) is 17.2 Å². The number of rotatable bonds is 5. The Morgan fingerprint density at radius 2 is 2.04 bits per heavy atom. The molecule has 2 heterocycles. The largest absolute Gasteiger partial charge is 0.496 e. The van der Waals surface area contributed by atoms with Gasteiger partial charge in [0, 0.05) is 24.6 Å². The van der Waals surface area contributed by atoms with E-state index in [1.807, 2.05) is 19.9 Å².